The fraction of sp³-hybridized carbons (Fsp3) is 0.222. The summed E-state index contributed by atoms with van der Waals surface area (Å²) >= 11 is 0. The van der Waals surface area contributed by atoms with Crippen molar-refractivity contribution in [2.75, 3.05) is 20.3 Å². The summed E-state index contributed by atoms with van der Waals surface area (Å²) in [6, 6.07) is 13.5. The number of hydrogen-bond acceptors (Lipinski definition) is 6. The van der Waals surface area contributed by atoms with Gasteiger partial charge in [0.1, 0.15) is 5.75 Å². The van der Waals surface area contributed by atoms with Crippen molar-refractivity contribution in [3.63, 3.8) is 0 Å². The van der Waals surface area contributed by atoms with Gasteiger partial charge in [0, 0.05) is 24.2 Å². The summed E-state index contributed by atoms with van der Waals surface area (Å²) in [6.45, 7) is 0.247. The third-order valence-corrected chi connectivity index (χ3v) is 3.45. The van der Waals surface area contributed by atoms with E-state index in [-0.39, 0.29) is 18.2 Å². The third kappa shape index (κ3) is 6.23. The molecule has 0 atom stereocenters. The minimum Gasteiger partial charge on any atom is -0.497 e. The minimum absolute atomic E-state index is 0.0368. The highest BCUT2D eigenvalue weighted by atomic mass is 16.6. The summed E-state index contributed by atoms with van der Waals surface area (Å²) in [6.07, 6.45) is 2.00. The standard InChI is InChI=1S/C18H19N3O5/c1-25-17-7-5-14(6-8-17)9-10-19-18(22)13-26-20-12-15-3-2-4-16(11-15)21(23)24/h2-8,11-12H,9-10,13H2,1H3,(H,19,22)/b20-12-. The number of nitrogens with one attached hydrogen (secondary N) is 1. The second-order valence-electron chi connectivity index (χ2n) is 5.31. The van der Waals surface area contributed by atoms with Crippen LogP contribution in [-0.4, -0.2) is 37.3 Å². The van der Waals surface area contributed by atoms with Gasteiger partial charge in [-0.25, -0.2) is 0 Å². The highest BCUT2D eigenvalue weighted by Gasteiger charge is 2.04. The Kier molecular flexibility index (Phi) is 7.11. The Morgan fingerprint density at radius 1 is 1.27 bits per heavy atom. The first kappa shape index (κ1) is 18.9. The number of nitro benzene ring substituents is 1. The van der Waals surface area contributed by atoms with Crippen LogP contribution < -0.4 is 10.1 Å². The lowest BCUT2D eigenvalue weighted by Crippen LogP contribution is -2.28. The first-order valence-corrected chi connectivity index (χ1v) is 7.88. The smallest absolute Gasteiger partial charge is 0.270 e. The zero-order valence-electron chi connectivity index (χ0n) is 14.3. The van der Waals surface area contributed by atoms with Crippen LogP contribution in [0.2, 0.25) is 0 Å². The number of nitro groups is 1. The van der Waals surface area contributed by atoms with Crippen LogP contribution in [0.25, 0.3) is 0 Å². The lowest BCUT2D eigenvalue weighted by molar-refractivity contribution is -0.384. The molecule has 0 heterocycles. The van der Waals surface area contributed by atoms with E-state index in [1.165, 1.54) is 18.3 Å². The second kappa shape index (κ2) is 9.77. The van der Waals surface area contributed by atoms with Gasteiger partial charge in [-0.3, -0.25) is 14.9 Å². The Balaban J connectivity index is 1.68. The highest BCUT2D eigenvalue weighted by molar-refractivity contribution is 5.80. The first-order chi connectivity index (χ1) is 12.6. The van der Waals surface area contributed by atoms with Gasteiger partial charge in [0.25, 0.3) is 11.6 Å². The van der Waals surface area contributed by atoms with E-state index < -0.39 is 4.92 Å². The molecule has 2 aromatic rings. The molecule has 0 radical (unpaired) electrons. The van der Waals surface area contributed by atoms with E-state index in [9.17, 15) is 14.9 Å². The average Bonchev–Trinajstić information content (AvgIpc) is 2.66. The molecule has 0 aliphatic rings. The molecule has 8 nitrogen and oxygen atoms in total. The van der Waals surface area contributed by atoms with Crippen LogP contribution in [0.1, 0.15) is 11.1 Å². The van der Waals surface area contributed by atoms with Gasteiger partial charge in [0.15, 0.2) is 6.61 Å². The molecule has 0 bridgehead atoms. The summed E-state index contributed by atoms with van der Waals surface area (Å²) in [5, 5.41) is 17.0. The molecule has 136 valence electrons. The van der Waals surface area contributed by atoms with E-state index in [2.05, 4.69) is 10.5 Å². The molecule has 0 fully saturated rings. The van der Waals surface area contributed by atoms with Crippen molar-refractivity contribution >= 4 is 17.8 Å². The summed E-state index contributed by atoms with van der Waals surface area (Å²) in [7, 11) is 1.61. The highest BCUT2D eigenvalue weighted by Crippen LogP contribution is 2.12. The zero-order chi connectivity index (χ0) is 18.8. The third-order valence-electron chi connectivity index (χ3n) is 3.45. The first-order valence-electron chi connectivity index (χ1n) is 7.88. The molecule has 2 rings (SSSR count). The van der Waals surface area contributed by atoms with E-state index in [4.69, 9.17) is 9.57 Å². The number of amides is 1. The monoisotopic (exact) mass is 357 g/mol. The molecular formula is C18H19N3O5. The van der Waals surface area contributed by atoms with Crippen molar-refractivity contribution in [1.82, 2.24) is 5.32 Å². The summed E-state index contributed by atoms with van der Waals surface area (Å²) in [5.41, 5.74) is 1.56. The average molecular weight is 357 g/mol. The predicted molar refractivity (Wildman–Crippen MR) is 96.4 cm³/mol. The molecule has 0 aromatic heterocycles. The van der Waals surface area contributed by atoms with E-state index in [1.807, 2.05) is 24.3 Å². The number of carbonyl (C=O) groups is 1. The van der Waals surface area contributed by atoms with Crippen molar-refractivity contribution in [3.05, 3.63) is 69.8 Å². The van der Waals surface area contributed by atoms with Gasteiger partial charge in [-0.05, 0) is 24.1 Å². The number of oxime groups is 1. The summed E-state index contributed by atoms with van der Waals surface area (Å²) < 4.78 is 5.08. The van der Waals surface area contributed by atoms with Gasteiger partial charge in [-0.2, -0.15) is 0 Å². The summed E-state index contributed by atoms with van der Waals surface area (Å²) in [5.74, 6) is 0.488. The Labute approximate surface area is 150 Å². The van der Waals surface area contributed by atoms with Crippen LogP contribution >= 0.6 is 0 Å². The van der Waals surface area contributed by atoms with E-state index >= 15 is 0 Å². The van der Waals surface area contributed by atoms with Crippen LogP contribution in [0.4, 0.5) is 5.69 Å². The predicted octanol–water partition coefficient (Wildman–Crippen LogP) is 2.31. The maximum atomic E-state index is 11.7. The molecule has 0 unspecified atom stereocenters. The summed E-state index contributed by atoms with van der Waals surface area (Å²) in [4.78, 5) is 26.8. The van der Waals surface area contributed by atoms with Crippen LogP contribution in [0.3, 0.4) is 0 Å². The van der Waals surface area contributed by atoms with Gasteiger partial charge in [-0.1, -0.05) is 29.4 Å². The van der Waals surface area contributed by atoms with Crippen molar-refractivity contribution in [2.24, 2.45) is 5.16 Å². The van der Waals surface area contributed by atoms with Crippen molar-refractivity contribution < 1.29 is 19.3 Å². The van der Waals surface area contributed by atoms with Crippen LogP contribution in [0.5, 0.6) is 5.75 Å². The molecule has 0 saturated carbocycles. The zero-order valence-corrected chi connectivity index (χ0v) is 14.3. The largest absolute Gasteiger partial charge is 0.497 e. The van der Waals surface area contributed by atoms with Crippen LogP contribution in [-0.2, 0) is 16.1 Å². The fourth-order valence-corrected chi connectivity index (χ4v) is 2.10. The van der Waals surface area contributed by atoms with Crippen molar-refractivity contribution in [3.8, 4) is 5.75 Å². The number of hydrogen-bond donors (Lipinski definition) is 1. The number of non-ortho nitro benzene ring substituents is 1. The van der Waals surface area contributed by atoms with Gasteiger partial charge in [-0.15, -0.1) is 0 Å². The molecule has 0 saturated heterocycles. The van der Waals surface area contributed by atoms with Gasteiger partial charge in [0.05, 0.1) is 18.2 Å². The molecule has 8 heteroatoms. The van der Waals surface area contributed by atoms with E-state index in [0.717, 1.165) is 11.3 Å². The molecule has 0 spiro atoms. The lowest BCUT2D eigenvalue weighted by Gasteiger charge is -2.05. The number of nitrogens with zero attached hydrogens (tertiary/aromatic N) is 2. The number of methoxy groups -OCH3 is 1. The Hall–Kier alpha value is -3.42. The number of carbonyl (C=O) groups excluding carboxylic acids is 1. The molecule has 1 N–H and O–H groups in total. The maximum absolute atomic E-state index is 11.7. The molecule has 26 heavy (non-hydrogen) atoms. The van der Waals surface area contributed by atoms with E-state index in [1.54, 1.807) is 19.2 Å². The second-order valence-corrected chi connectivity index (χ2v) is 5.31. The molecule has 0 aliphatic heterocycles. The Bertz CT molecular complexity index is 775. The number of benzene rings is 2. The quantitative estimate of drug-likeness (QED) is 0.421. The van der Waals surface area contributed by atoms with Crippen LogP contribution in [0.15, 0.2) is 53.7 Å². The van der Waals surface area contributed by atoms with Crippen molar-refractivity contribution in [2.45, 2.75) is 6.42 Å². The van der Waals surface area contributed by atoms with E-state index in [0.29, 0.717) is 18.5 Å². The Morgan fingerprint density at radius 3 is 2.73 bits per heavy atom. The molecule has 0 aliphatic carbocycles. The van der Waals surface area contributed by atoms with Crippen molar-refractivity contribution in [1.29, 1.82) is 0 Å². The topological polar surface area (TPSA) is 103 Å². The van der Waals surface area contributed by atoms with Gasteiger partial charge >= 0.3 is 0 Å². The number of ether oxygens (including phenoxy) is 1. The minimum atomic E-state index is -0.492. The maximum Gasteiger partial charge on any atom is 0.270 e. The van der Waals surface area contributed by atoms with Crippen LogP contribution in [0, 0.1) is 10.1 Å². The normalized spacial score (nSPS) is 10.5. The van der Waals surface area contributed by atoms with Gasteiger partial charge < -0.3 is 14.9 Å². The Morgan fingerprint density at radius 2 is 2.04 bits per heavy atom. The lowest BCUT2D eigenvalue weighted by atomic mass is 10.1. The molecule has 1 amide bonds. The SMILES string of the molecule is COc1ccc(CCNC(=O)CO/N=C\c2cccc([N+](=O)[O-])c2)cc1. The molecule has 2 aromatic carbocycles. The number of rotatable bonds is 9. The fourth-order valence-electron chi connectivity index (χ4n) is 2.10. The molecular weight excluding hydrogens is 338 g/mol. The van der Waals surface area contributed by atoms with Gasteiger partial charge in [0.2, 0.25) is 0 Å².